The zero-order valence-electron chi connectivity index (χ0n) is 2.01. The van der Waals surface area contributed by atoms with Crippen LogP contribution in [0.1, 0.15) is 0 Å². The minimum atomic E-state index is -3.06. The van der Waals surface area contributed by atoms with Crippen LogP contribution in [0.15, 0.2) is 0 Å². The molecule has 0 heterocycles. The lowest BCUT2D eigenvalue weighted by Gasteiger charge is -1.87. The monoisotopic (exact) mass is 212 g/mol. The molecule has 0 N–H and O–H groups in total. The van der Waals surface area contributed by atoms with Crippen LogP contribution in [0.2, 0.25) is 0 Å². The molecule has 0 bridgehead atoms. The highest BCUT2D eigenvalue weighted by Crippen LogP contribution is 2.26. The van der Waals surface area contributed by atoms with Crippen molar-refractivity contribution in [2.45, 2.75) is 3.39 Å². The summed E-state index contributed by atoms with van der Waals surface area (Å²) >= 11 is 4.99. The second-order valence-electron chi connectivity index (χ2n) is 0.429. The zero-order chi connectivity index (χ0) is 4.50. The molecule has 0 atom stereocenters. The van der Waals surface area contributed by atoms with E-state index in [0.717, 1.165) is 22.6 Å². The molecule has 0 nitrogen and oxygen atoms in total. The number of alkyl halides is 4. The van der Waals surface area contributed by atoms with Gasteiger partial charge in [-0.05, 0) is 11.6 Å². The molecular formula is CClF2I. The van der Waals surface area contributed by atoms with Gasteiger partial charge >= 0.3 is 3.39 Å². The molecule has 0 aliphatic rings. The van der Waals surface area contributed by atoms with Gasteiger partial charge in [0.1, 0.15) is 0 Å². The summed E-state index contributed by atoms with van der Waals surface area (Å²) < 4.78 is 18.5. The van der Waals surface area contributed by atoms with Crippen LogP contribution in [0.25, 0.3) is 0 Å². The van der Waals surface area contributed by atoms with Crippen LogP contribution in [0.5, 0.6) is 0 Å². The van der Waals surface area contributed by atoms with Crippen LogP contribution in [0.3, 0.4) is 0 Å². The van der Waals surface area contributed by atoms with Gasteiger partial charge in [-0.15, -0.1) is 0 Å². The summed E-state index contributed by atoms with van der Waals surface area (Å²) in [6, 6.07) is 0. The van der Waals surface area contributed by atoms with Gasteiger partial charge in [0.15, 0.2) is 0 Å². The van der Waals surface area contributed by atoms with Crippen molar-refractivity contribution in [3.8, 4) is 0 Å². The second-order valence-corrected chi connectivity index (χ2v) is 2.90. The summed E-state index contributed by atoms with van der Waals surface area (Å²) in [5.74, 6) is 0. The highest BCUT2D eigenvalue weighted by molar-refractivity contribution is 14.1. The van der Waals surface area contributed by atoms with Gasteiger partial charge in [0, 0.05) is 22.6 Å². The lowest BCUT2D eigenvalue weighted by Crippen LogP contribution is -1.85. The smallest absolute Gasteiger partial charge is 0.178 e. The maximum absolute atomic E-state index is 10.8. The molecule has 0 aliphatic heterocycles. The van der Waals surface area contributed by atoms with Gasteiger partial charge in [0.05, 0.1) is 0 Å². The largest absolute Gasteiger partial charge is 0.372 e. The molecule has 0 saturated carbocycles. The molecule has 0 aromatic heterocycles. The Morgan fingerprint density at radius 3 is 1.60 bits per heavy atom. The van der Waals surface area contributed by atoms with Crippen molar-refractivity contribution in [1.82, 2.24) is 0 Å². The normalized spacial score (nSPS) is 12.0. The van der Waals surface area contributed by atoms with E-state index in [1.807, 2.05) is 0 Å². The number of halogens is 4. The lowest BCUT2D eigenvalue weighted by atomic mass is 11.7. The fraction of sp³-hybridized carbons (Fsp3) is 1.00. The number of rotatable bonds is 0. The summed E-state index contributed by atoms with van der Waals surface area (Å²) in [4.78, 5) is 0. The molecule has 4 heteroatoms. The van der Waals surface area contributed by atoms with E-state index in [0.29, 0.717) is 0 Å². The fourth-order valence-electron chi connectivity index (χ4n) is 0. The van der Waals surface area contributed by atoms with E-state index in [4.69, 9.17) is 0 Å². The number of hydrogen-bond donors (Lipinski definition) is 0. The zero-order valence-corrected chi connectivity index (χ0v) is 4.93. The minimum Gasteiger partial charge on any atom is -0.178 e. The summed E-state index contributed by atoms with van der Waals surface area (Å²) in [5, 5.41) is 0. The number of hydrogen-bond acceptors (Lipinski definition) is 0. The van der Waals surface area contributed by atoms with E-state index in [-0.39, 0.29) is 0 Å². The molecule has 0 aliphatic carbocycles. The van der Waals surface area contributed by atoms with Gasteiger partial charge in [-0.3, -0.25) is 0 Å². The minimum absolute atomic E-state index is 0.810. The van der Waals surface area contributed by atoms with Crippen LogP contribution < -0.4 is 0 Å². The third-order valence-electron chi connectivity index (χ3n) is 0. The fourth-order valence-corrected chi connectivity index (χ4v) is 0. The lowest BCUT2D eigenvalue weighted by molar-refractivity contribution is 0.223. The van der Waals surface area contributed by atoms with Crippen molar-refractivity contribution in [1.29, 1.82) is 0 Å². The molecule has 0 aromatic carbocycles. The molecule has 0 rings (SSSR count). The van der Waals surface area contributed by atoms with Crippen molar-refractivity contribution in [2.24, 2.45) is 0 Å². The van der Waals surface area contributed by atoms with Crippen molar-refractivity contribution in [2.75, 3.05) is 0 Å². The average molecular weight is 212 g/mol. The molecule has 0 radical (unpaired) electrons. The van der Waals surface area contributed by atoms with E-state index in [9.17, 15) is 8.78 Å². The summed E-state index contributed by atoms with van der Waals surface area (Å²) in [6.07, 6.45) is 0. The Balaban J connectivity index is 3.02. The molecular weight excluding hydrogens is 212 g/mol. The van der Waals surface area contributed by atoms with Crippen LogP contribution in [0, 0.1) is 0 Å². The van der Waals surface area contributed by atoms with Crippen LogP contribution in [0.4, 0.5) is 8.78 Å². The second kappa shape index (κ2) is 1.55. The van der Waals surface area contributed by atoms with E-state index < -0.39 is 3.39 Å². The summed E-state index contributed by atoms with van der Waals surface area (Å²) in [7, 11) is 0. The highest BCUT2D eigenvalue weighted by atomic mass is 127. The van der Waals surface area contributed by atoms with Gasteiger partial charge in [-0.25, -0.2) is 0 Å². The van der Waals surface area contributed by atoms with Gasteiger partial charge in [-0.2, -0.15) is 8.78 Å². The Hall–Kier alpha value is 0.880. The first kappa shape index (κ1) is 5.88. The molecule has 0 amide bonds. The van der Waals surface area contributed by atoms with Gasteiger partial charge < -0.3 is 0 Å². The van der Waals surface area contributed by atoms with Crippen molar-refractivity contribution in [3.05, 3.63) is 0 Å². The third-order valence-corrected chi connectivity index (χ3v) is 0. The molecule has 0 aromatic rings. The SMILES string of the molecule is FC(F)(Cl)I. The summed E-state index contributed by atoms with van der Waals surface area (Å²) in [6.45, 7) is 0. The van der Waals surface area contributed by atoms with Crippen molar-refractivity contribution < 1.29 is 8.78 Å². The molecule has 0 fully saturated rings. The van der Waals surface area contributed by atoms with Crippen molar-refractivity contribution in [3.63, 3.8) is 0 Å². The van der Waals surface area contributed by atoms with Gasteiger partial charge in [0.25, 0.3) is 0 Å². The van der Waals surface area contributed by atoms with Crippen molar-refractivity contribution >= 4 is 34.2 Å². The van der Waals surface area contributed by atoms with E-state index in [1.54, 1.807) is 0 Å². The molecule has 0 spiro atoms. The first-order chi connectivity index (χ1) is 2.00. The van der Waals surface area contributed by atoms with Crippen LogP contribution in [-0.2, 0) is 0 Å². The Bertz CT molecular complexity index is 25.1. The molecule has 0 unspecified atom stereocenters. The maximum atomic E-state index is 10.8. The van der Waals surface area contributed by atoms with Gasteiger partial charge in [-0.1, -0.05) is 0 Å². The first-order valence-electron chi connectivity index (χ1n) is 0.756. The van der Waals surface area contributed by atoms with Crippen LogP contribution >= 0.6 is 34.2 Å². The summed E-state index contributed by atoms with van der Waals surface area (Å²) in [5.41, 5.74) is 0. The topological polar surface area (TPSA) is 0 Å². The van der Waals surface area contributed by atoms with Gasteiger partial charge in [0.2, 0.25) is 0 Å². The maximum Gasteiger partial charge on any atom is 0.372 e. The predicted molar refractivity (Wildman–Crippen MR) is 24.8 cm³/mol. The third kappa shape index (κ3) is 52.3. The Kier molecular flexibility index (Phi) is 1.83. The Morgan fingerprint density at radius 2 is 1.60 bits per heavy atom. The van der Waals surface area contributed by atoms with E-state index >= 15 is 0 Å². The highest BCUT2D eigenvalue weighted by Gasteiger charge is 2.16. The van der Waals surface area contributed by atoms with E-state index in [2.05, 4.69) is 11.6 Å². The molecule has 32 valence electrons. The average Bonchev–Trinajstić information content (AvgIpc) is 0.722. The quantitative estimate of drug-likeness (QED) is 0.426. The molecule has 5 heavy (non-hydrogen) atoms. The Morgan fingerprint density at radius 1 is 1.60 bits per heavy atom. The standard InChI is InChI=1S/CClF2I/c2-1(3,4)5. The first-order valence-corrected chi connectivity index (χ1v) is 2.21. The van der Waals surface area contributed by atoms with Crippen LogP contribution in [-0.4, -0.2) is 3.39 Å². The molecule has 0 saturated heterocycles. The van der Waals surface area contributed by atoms with E-state index in [1.165, 1.54) is 0 Å². The Labute approximate surface area is 46.6 Å². The predicted octanol–water partition coefficient (Wildman–Crippen LogP) is 2.21.